The molecule has 0 spiro atoms. The van der Waals surface area contributed by atoms with Crippen molar-refractivity contribution >= 4 is 21.8 Å². The fraction of sp³-hybridized carbons (Fsp3) is 0.571. The van der Waals surface area contributed by atoms with Crippen molar-refractivity contribution in [3.05, 3.63) is 29.6 Å². The first kappa shape index (κ1) is 18.4. The van der Waals surface area contributed by atoms with Crippen LogP contribution in [0, 0.1) is 5.82 Å². The fourth-order valence-corrected chi connectivity index (χ4v) is 4.12. The Morgan fingerprint density at radius 2 is 2.10 bits per heavy atom. The number of nitrogens with one attached hydrogen (secondary N) is 2. The van der Waals surface area contributed by atoms with Crippen LogP contribution in [0.5, 0.6) is 0 Å². The highest BCUT2D eigenvalue weighted by Gasteiger charge is 2.21. The Labute approximate surface area is 131 Å². The number of rotatable bonds is 9. The van der Waals surface area contributed by atoms with Gasteiger partial charge in [0.15, 0.2) is 0 Å². The first-order chi connectivity index (χ1) is 9.90. The number of hydrogen-bond acceptors (Lipinski definition) is 4. The van der Waals surface area contributed by atoms with Crippen LogP contribution < -0.4 is 10.0 Å². The van der Waals surface area contributed by atoms with Gasteiger partial charge in [-0.25, -0.2) is 17.5 Å². The number of hydrogen-bond donors (Lipinski definition) is 2. The van der Waals surface area contributed by atoms with E-state index in [0.717, 1.165) is 19.0 Å². The number of sulfonamides is 1. The molecule has 7 heteroatoms. The molecule has 1 aromatic rings. The first-order valence-electron chi connectivity index (χ1n) is 6.91. The summed E-state index contributed by atoms with van der Waals surface area (Å²) in [6, 6.07) is 3.68. The van der Waals surface area contributed by atoms with E-state index in [2.05, 4.69) is 10.0 Å². The summed E-state index contributed by atoms with van der Waals surface area (Å²) in [5.74, 6) is 0.116. The maximum absolute atomic E-state index is 13.4. The fourth-order valence-electron chi connectivity index (χ4n) is 1.94. The molecule has 0 aliphatic carbocycles. The lowest BCUT2D eigenvalue weighted by molar-refractivity contribution is 0.564. The molecule has 4 nitrogen and oxygen atoms in total. The Morgan fingerprint density at radius 3 is 2.71 bits per heavy atom. The lowest BCUT2D eigenvalue weighted by Crippen LogP contribution is -2.35. The van der Waals surface area contributed by atoms with Crippen LogP contribution in [-0.4, -0.2) is 33.0 Å². The van der Waals surface area contributed by atoms with Crippen LogP contribution in [0.15, 0.2) is 23.1 Å². The number of thioether (sulfide) groups is 1. The molecular weight excluding hydrogens is 311 g/mol. The van der Waals surface area contributed by atoms with Crippen molar-refractivity contribution in [2.75, 3.05) is 18.6 Å². The molecular formula is C14H23FN2O2S2. The smallest absolute Gasteiger partial charge is 0.241 e. The molecule has 0 heterocycles. The van der Waals surface area contributed by atoms with Crippen molar-refractivity contribution in [3.63, 3.8) is 0 Å². The standard InChI is InChI=1S/C14H23FN2O2S2/c1-4-7-16-9-12-5-6-13(15)8-14(12)21(18,19)17-11(2)10-20-3/h5-6,8,11,16-17H,4,7,9-10H2,1-3H3. The van der Waals surface area contributed by atoms with Gasteiger partial charge >= 0.3 is 0 Å². The van der Waals surface area contributed by atoms with Gasteiger partial charge in [0.25, 0.3) is 0 Å². The highest BCUT2D eigenvalue weighted by Crippen LogP contribution is 2.18. The molecule has 0 radical (unpaired) electrons. The Balaban J connectivity index is 3.00. The van der Waals surface area contributed by atoms with E-state index in [1.54, 1.807) is 18.7 Å². The maximum Gasteiger partial charge on any atom is 0.241 e. The molecule has 0 amide bonds. The van der Waals surface area contributed by atoms with Crippen molar-refractivity contribution in [1.82, 2.24) is 10.0 Å². The molecule has 1 rings (SSSR count). The van der Waals surface area contributed by atoms with Gasteiger partial charge in [-0.1, -0.05) is 13.0 Å². The van der Waals surface area contributed by atoms with Gasteiger partial charge in [-0.3, -0.25) is 0 Å². The second-order valence-electron chi connectivity index (χ2n) is 4.91. The van der Waals surface area contributed by atoms with Crippen molar-refractivity contribution in [3.8, 4) is 0 Å². The molecule has 21 heavy (non-hydrogen) atoms. The summed E-state index contributed by atoms with van der Waals surface area (Å²) < 4.78 is 40.8. The summed E-state index contributed by atoms with van der Waals surface area (Å²) in [7, 11) is -3.72. The summed E-state index contributed by atoms with van der Waals surface area (Å²) >= 11 is 1.56. The number of benzene rings is 1. The largest absolute Gasteiger partial charge is 0.313 e. The summed E-state index contributed by atoms with van der Waals surface area (Å²) in [5, 5.41) is 3.14. The van der Waals surface area contributed by atoms with E-state index in [0.29, 0.717) is 17.9 Å². The van der Waals surface area contributed by atoms with Gasteiger partial charge in [0.05, 0.1) is 4.90 Å². The van der Waals surface area contributed by atoms with Crippen molar-refractivity contribution in [2.45, 2.75) is 37.8 Å². The van der Waals surface area contributed by atoms with Crippen molar-refractivity contribution in [2.24, 2.45) is 0 Å². The molecule has 0 aromatic heterocycles. The van der Waals surface area contributed by atoms with Gasteiger partial charge in [-0.2, -0.15) is 11.8 Å². The highest BCUT2D eigenvalue weighted by atomic mass is 32.2. The lowest BCUT2D eigenvalue weighted by atomic mass is 10.2. The number of halogens is 1. The van der Waals surface area contributed by atoms with Crippen molar-refractivity contribution < 1.29 is 12.8 Å². The summed E-state index contributed by atoms with van der Waals surface area (Å²) in [6.07, 6.45) is 2.86. The van der Waals surface area contributed by atoms with E-state index in [4.69, 9.17) is 0 Å². The quantitative estimate of drug-likeness (QED) is 0.681. The van der Waals surface area contributed by atoms with Gasteiger partial charge in [0.1, 0.15) is 5.82 Å². The molecule has 1 aromatic carbocycles. The first-order valence-corrected chi connectivity index (χ1v) is 9.78. The normalized spacial score (nSPS) is 13.3. The highest BCUT2D eigenvalue weighted by molar-refractivity contribution is 7.98. The van der Waals surface area contributed by atoms with Gasteiger partial charge in [-0.15, -0.1) is 0 Å². The molecule has 2 N–H and O–H groups in total. The molecule has 1 unspecified atom stereocenters. The second kappa shape index (κ2) is 8.73. The van der Waals surface area contributed by atoms with Crippen LogP contribution in [0.4, 0.5) is 4.39 Å². The molecule has 0 fully saturated rings. The van der Waals surface area contributed by atoms with Gasteiger partial charge in [0, 0.05) is 18.3 Å². The zero-order chi connectivity index (χ0) is 15.9. The van der Waals surface area contributed by atoms with Gasteiger partial charge < -0.3 is 5.32 Å². The molecule has 0 aliphatic heterocycles. The third kappa shape index (κ3) is 5.94. The lowest BCUT2D eigenvalue weighted by Gasteiger charge is -2.16. The minimum absolute atomic E-state index is 0.0130. The summed E-state index contributed by atoms with van der Waals surface area (Å²) in [5.41, 5.74) is 0.578. The van der Waals surface area contributed by atoms with Crippen LogP contribution in [0.25, 0.3) is 0 Å². The molecule has 0 saturated carbocycles. The Kier molecular flexibility index (Phi) is 7.65. The van der Waals surface area contributed by atoms with E-state index in [1.165, 1.54) is 12.1 Å². The van der Waals surface area contributed by atoms with E-state index >= 15 is 0 Å². The van der Waals surface area contributed by atoms with E-state index < -0.39 is 15.8 Å². The predicted octanol–water partition coefficient (Wildman–Crippen LogP) is 2.36. The summed E-state index contributed by atoms with van der Waals surface area (Å²) in [6.45, 7) is 5.01. The minimum Gasteiger partial charge on any atom is -0.313 e. The molecule has 0 saturated heterocycles. The summed E-state index contributed by atoms with van der Waals surface area (Å²) in [4.78, 5) is 0.0130. The topological polar surface area (TPSA) is 58.2 Å². The van der Waals surface area contributed by atoms with Gasteiger partial charge in [0.2, 0.25) is 10.0 Å². The zero-order valence-corrected chi connectivity index (χ0v) is 14.3. The molecule has 0 bridgehead atoms. The zero-order valence-electron chi connectivity index (χ0n) is 12.6. The third-order valence-electron chi connectivity index (χ3n) is 2.83. The van der Waals surface area contributed by atoms with Crippen LogP contribution in [0.2, 0.25) is 0 Å². The third-order valence-corrected chi connectivity index (χ3v) is 5.34. The molecule has 0 aliphatic rings. The van der Waals surface area contributed by atoms with Crippen LogP contribution in [0.1, 0.15) is 25.8 Å². The Hall–Kier alpha value is -0.630. The molecule has 1 atom stereocenters. The van der Waals surface area contributed by atoms with E-state index in [9.17, 15) is 12.8 Å². The van der Waals surface area contributed by atoms with Crippen LogP contribution >= 0.6 is 11.8 Å². The second-order valence-corrected chi connectivity index (χ2v) is 7.50. The molecule has 120 valence electrons. The van der Waals surface area contributed by atoms with Crippen LogP contribution in [-0.2, 0) is 16.6 Å². The predicted molar refractivity (Wildman–Crippen MR) is 86.6 cm³/mol. The average molecular weight is 334 g/mol. The SMILES string of the molecule is CCCNCc1ccc(F)cc1S(=O)(=O)NC(C)CSC. The van der Waals surface area contributed by atoms with Gasteiger partial charge in [-0.05, 0) is 43.8 Å². The van der Waals surface area contributed by atoms with E-state index in [1.807, 2.05) is 13.2 Å². The minimum atomic E-state index is -3.72. The monoisotopic (exact) mass is 334 g/mol. The maximum atomic E-state index is 13.4. The Morgan fingerprint density at radius 1 is 1.38 bits per heavy atom. The Bertz CT molecular complexity index is 550. The van der Waals surface area contributed by atoms with Crippen LogP contribution in [0.3, 0.4) is 0 Å². The average Bonchev–Trinajstić information content (AvgIpc) is 2.40. The van der Waals surface area contributed by atoms with E-state index in [-0.39, 0.29) is 10.9 Å². The van der Waals surface area contributed by atoms with Crippen molar-refractivity contribution in [1.29, 1.82) is 0 Å².